The van der Waals surface area contributed by atoms with E-state index < -0.39 is 0 Å². The Hall–Kier alpha value is -0.940. The predicted octanol–water partition coefficient (Wildman–Crippen LogP) is 0.929. The molecule has 0 aliphatic heterocycles. The predicted molar refractivity (Wildman–Crippen MR) is 61.7 cm³/mol. The molecule has 15 heavy (non-hydrogen) atoms. The zero-order valence-electron chi connectivity index (χ0n) is 8.90. The summed E-state index contributed by atoms with van der Waals surface area (Å²) < 4.78 is 0. The van der Waals surface area contributed by atoms with E-state index in [9.17, 15) is 4.79 Å². The number of hydrogen-bond acceptors (Lipinski definition) is 4. The summed E-state index contributed by atoms with van der Waals surface area (Å²) in [5, 5.41) is 4.84. The number of carbonyl (C=O) groups excluding carboxylic acids is 1. The third-order valence-electron chi connectivity index (χ3n) is 2.01. The molecule has 0 fully saturated rings. The zero-order chi connectivity index (χ0) is 11.1. The molecule has 0 aliphatic carbocycles. The van der Waals surface area contributed by atoms with Crippen molar-refractivity contribution in [2.75, 3.05) is 6.54 Å². The van der Waals surface area contributed by atoms with Gasteiger partial charge in [0.25, 0.3) is 0 Å². The summed E-state index contributed by atoms with van der Waals surface area (Å²) >= 11 is 1.57. The van der Waals surface area contributed by atoms with E-state index in [2.05, 4.69) is 10.3 Å². The molecule has 1 atom stereocenters. The van der Waals surface area contributed by atoms with Gasteiger partial charge in [0.05, 0.1) is 11.2 Å². The van der Waals surface area contributed by atoms with Gasteiger partial charge in [-0.05, 0) is 13.3 Å². The van der Waals surface area contributed by atoms with E-state index in [-0.39, 0.29) is 11.9 Å². The van der Waals surface area contributed by atoms with E-state index in [0.717, 1.165) is 18.5 Å². The fraction of sp³-hybridized carbons (Fsp3) is 0.600. The number of hydrogen-bond donors (Lipinski definition) is 2. The molecule has 4 nitrogen and oxygen atoms in total. The lowest BCUT2D eigenvalue weighted by atomic mass is 10.2. The second-order valence-corrected chi connectivity index (χ2v) is 4.31. The van der Waals surface area contributed by atoms with Crippen molar-refractivity contribution in [3.8, 4) is 0 Å². The minimum absolute atomic E-state index is 0.0718. The van der Waals surface area contributed by atoms with Gasteiger partial charge in [0.15, 0.2) is 0 Å². The highest BCUT2D eigenvalue weighted by atomic mass is 32.1. The van der Waals surface area contributed by atoms with E-state index in [1.807, 2.05) is 12.3 Å². The van der Waals surface area contributed by atoms with Gasteiger partial charge in [0, 0.05) is 30.8 Å². The number of aromatic nitrogens is 1. The molecule has 1 aromatic heterocycles. The third-order valence-corrected chi connectivity index (χ3v) is 2.65. The number of amides is 1. The summed E-state index contributed by atoms with van der Waals surface area (Å²) in [4.78, 5) is 15.4. The van der Waals surface area contributed by atoms with Crippen molar-refractivity contribution in [3.63, 3.8) is 0 Å². The lowest BCUT2D eigenvalue weighted by Gasteiger charge is -2.05. The molecule has 84 valence electrons. The first-order chi connectivity index (χ1) is 7.18. The van der Waals surface area contributed by atoms with Crippen molar-refractivity contribution in [1.82, 2.24) is 10.3 Å². The third kappa shape index (κ3) is 5.49. The topological polar surface area (TPSA) is 68.0 Å². The Balaban J connectivity index is 2.07. The maximum atomic E-state index is 11.3. The molecule has 0 saturated carbocycles. The molecule has 3 N–H and O–H groups in total. The Morgan fingerprint density at radius 3 is 3.13 bits per heavy atom. The van der Waals surface area contributed by atoms with Crippen molar-refractivity contribution < 1.29 is 4.79 Å². The van der Waals surface area contributed by atoms with Crippen LogP contribution in [-0.4, -0.2) is 23.5 Å². The minimum atomic E-state index is 0.0718. The summed E-state index contributed by atoms with van der Waals surface area (Å²) in [5.74, 6) is 0.0718. The van der Waals surface area contributed by atoms with Crippen LogP contribution in [0.3, 0.4) is 0 Å². The van der Waals surface area contributed by atoms with Gasteiger partial charge in [-0.3, -0.25) is 4.79 Å². The highest BCUT2D eigenvalue weighted by Gasteiger charge is 2.03. The van der Waals surface area contributed by atoms with Crippen molar-refractivity contribution in [2.24, 2.45) is 5.73 Å². The van der Waals surface area contributed by atoms with Crippen LogP contribution in [0.15, 0.2) is 10.9 Å². The molecule has 1 heterocycles. The molecule has 0 aliphatic rings. The van der Waals surface area contributed by atoms with Crippen LogP contribution in [0, 0.1) is 0 Å². The van der Waals surface area contributed by atoms with Gasteiger partial charge in [0.1, 0.15) is 0 Å². The highest BCUT2D eigenvalue weighted by Crippen LogP contribution is 2.00. The van der Waals surface area contributed by atoms with E-state index >= 15 is 0 Å². The fourth-order valence-electron chi connectivity index (χ4n) is 1.14. The van der Waals surface area contributed by atoms with Crippen LogP contribution in [0.5, 0.6) is 0 Å². The molecule has 5 heteroatoms. The smallest absolute Gasteiger partial charge is 0.220 e. The molecular weight excluding hydrogens is 210 g/mol. The second kappa shape index (κ2) is 6.53. The van der Waals surface area contributed by atoms with Crippen molar-refractivity contribution >= 4 is 17.2 Å². The lowest BCUT2D eigenvalue weighted by molar-refractivity contribution is -0.121. The maximum absolute atomic E-state index is 11.3. The molecule has 0 aromatic carbocycles. The molecule has 1 rings (SSSR count). The SMILES string of the molecule is CC(N)CCC(=O)NCCc1cscn1. The van der Waals surface area contributed by atoms with Gasteiger partial charge in [-0.15, -0.1) is 11.3 Å². The molecular formula is C10H17N3OS. The number of carbonyl (C=O) groups is 1. The highest BCUT2D eigenvalue weighted by molar-refractivity contribution is 7.07. The van der Waals surface area contributed by atoms with E-state index in [1.165, 1.54) is 0 Å². The van der Waals surface area contributed by atoms with E-state index in [0.29, 0.717) is 13.0 Å². The number of nitrogens with zero attached hydrogens (tertiary/aromatic N) is 1. The van der Waals surface area contributed by atoms with Gasteiger partial charge in [0.2, 0.25) is 5.91 Å². The molecule has 0 spiro atoms. The second-order valence-electron chi connectivity index (χ2n) is 3.60. The summed E-state index contributed by atoms with van der Waals surface area (Å²) in [5.41, 5.74) is 8.39. The summed E-state index contributed by atoms with van der Waals surface area (Å²) in [7, 11) is 0. The van der Waals surface area contributed by atoms with Crippen LogP contribution in [0.2, 0.25) is 0 Å². The van der Waals surface area contributed by atoms with Crippen LogP contribution in [-0.2, 0) is 11.2 Å². The molecule has 0 bridgehead atoms. The van der Waals surface area contributed by atoms with E-state index in [4.69, 9.17) is 5.73 Å². The zero-order valence-corrected chi connectivity index (χ0v) is 9.72. The maximum Gasteiger partial charge on any atom is 0.220 e. The quantitative estimate of drug-likeness (QED) is 0.759. The average Bonchev–Trinajstić information content (AvgIpc) is 2.67. The molecule has 1 aromatic rings. The fourth-order valence-corrected chi connectivity index (χ4v) is 1.73. The largest absolute Gasteiger partial charge is 0.356 e. The first-order valence-electron chi connectivity index (χ1n) is 5.08. The molecule has 1 unspecified atom stereocenters. The van der Waals surface area contributed by atoms with Crippen LogP contribution in [0.4, 0.5) is 0 Å². The van der Waals surface area contributed by atoms with Gasteiger partial charge in [-0.2, -0.15) is 0 Å². The first kappa shape index (κ1) is 12.1. The van der Waals surface area contributed by atoms with Crippen molar-refractivity contribution in [2.45, 2.75) is 32.2 Å². The van der Waals surface area contributed by atoms with Gasteiger partial charge >= 0.3 is 0 Å². The minimum Gasteiger partial charge on any atom is -0.356 e. The molecule has 0 radical (unpaired) electrons. The Bertz CT molecular complexity index is 285. The summed E-state index contributed by atoms with van der Waals surface area (Å²) in [6.07, 6.45) is 2.05. The van der Waals surface area contributed by atoms with Gasteiger partial charge < -0.3 is 11.1 Å². The Kier molecular flexibility index (Phi) is 5.28. The van der Waals surface area contributed by atoms with Crippen LogP contribution in [0.25, 0.3) is 0 Å². The normalized spacial score (nSPS) is 12.4. The Morgan fingerprint density at radius 1 is 1.73 bits per heavy atom. The monoisotopic (exact) mass is 227 g/mol. The average molecular weight is 227 g/mol. The summed E-state index contributed by atoms with van der Waals surface area (Å²) in [6.45, 7) is 2.56. The number of nitrogens with one attached hydrogen (secondary N) is 1. The lowest BCUT2D eigenvalue weighted by Crippen LogP contribution is -2.27. The van der Waals surface area contributed by atoms with Gasteiger partial charge in [-0.1, -0.05) is 0 Å². The Morgan fingerprint density at radius 2 is 2.53 bits per heavy atom. The van der Waals surface area contributed by atoms with Crippen molar-refractivity contribution in [1.29, 1.82) is 0 Å². The first-order valence-corrected chi connectivity index (χ1v) is 6.02. The Labute approximate surface area is 93.9 Å². The van der Waals surface area contributed by atoms with Crippen LogP contribution in [0.1, 0.15) is 25.5 Å². The number of thiazole rings is 1. The summed E-state index contributed by atoms with van der Waals surface area (Å²) in [6, 6.07) is 0.0919. The van der Waals surface area contributed by atoms with Crippen molar-refractivity contribution in [3.05, 3.63) is 16.6 Å². The molecule has 0 saturated heterocycles. The van der Waals surface area contributed by atoms with Crippen LogP contribution >= 0.6 is 11.3 Å². The number of nitrogens with two attached hydrogens (primary N) is 1. The molecule has 1 amide bonds. The number of rotatable bonds is 6. The van der Waals surface area contributed by atoms with Crippen LogP contribution < -0.4 is 11.1 Å². The van der Waals surface area contributed by atoms with Gasteiger partial charge in [-0.25, -0.2) is 4.98 Å². The van der Waals surface area contributed by atoms with E-state index in [1.54, 1.807) is 16.8 Å². The standard InChI is InChI=1S/C10H17N3OS/c1-8(11)2-3-10(14)12-5-4-9-6-15-7-13-9/h6-8H,2-5,11H2,1H3,(H,12,14).